The van der Waals surface area contributed by atoms with Crippen LogP contribution >= 0.6 is 35.3 Å². The molecule has 1 atom stereocenters. The van der Waals surface area contributed by atoms with E-state index in [0.29, 0.717) is 32.3 Å². The Morgan fingerprint density at radius 1 is 1.36 bits per heavy atom. The first-order chi connectivity index (χ1) is 13.2. The van der Waals surface area contributed by atoms with Gasteiger partial charge in [0.15, 0.2) is 5.96 Å². The molecular formula is C19H27FIN5OS. The summed E-state index contributed by atoms with van der Waals surface area (Å²) in [5, 5.41) is 7.68. The summed E-state index contributed by atoms with van der Waals surface area (Å²) in [4.78, 5) is 12.2. The molecule has 0 bridgehead atoms. The first kappa shape index (κ1) is 23.0. The lowest BCUT2D eigenvalue weighted by Gasteiger charge is -2.35. The minimum atomic E-state index is -0.215. The fourth-order valence-electron chi connectivity index (χ4n) is 3.12. The smallest absolute Gasteiger partial charge is 0.191 e. The summed E-state index contributed by atoms with van der Waals surface area (Å²) < 4.78 is 19.2. The Bertz CT molecular complexity index is 766. The van der Waals surface area contributed by atoms with Crippen molar-refractivity contribution in [2.45, 2.75) is 19.5 Å². The molecule has 2 N–H and O–H groups in total. The van der Waals surface area contributed by atoms with Crippen molar-refractivity contribution < 1.29 is 9.13 Å². The molecule has 2 aromatic rings. The zero-order chi connectivity index (χ0) is 19.1. The highest BCUT2D eigenvalue weighted by atomic mass is 127. The lowest BCUT2D eigenvalue weighted by atomic mass is 10.0. The van der Waals surface area contributed by atoms with Gasteiger partial charge in [0.05, 0.1) is 25.8 Å². The third kappa shape index (κ3) is 6.64. The van der Waals surface area contributed by atoms with Crippen molar-refractivity contribution in [3.63, 3.8) is 0 Å². The molecule has 28 heavy (non-hydrogen) atoms. The van der Waals surface area contributed by atoms with Gasteiger partial charge in [0.25, 0.3) is 0 Å². The van der Waals surface area contributed by atoms with E-state index in [2.05, 4.69) is 25.5 Å². The van der Waals surface area contributed by atoms with Crippen molar-refractivity contribution in [3.8, 4) is 0 Å². The number of aryl methyl sites for hydroxylation is 1. The number of hydrogen-bond acceptors (Lipinski definition) is 5. The van der Waals surface area contributed by atoms with Gasteiger partial charge in [-0.3, -0.25) is 9.89 Å². The van der Waals surface area contributed by atoms with Gasteiger partial charge in [0.1, 0.15) is 10.8 Å². The average Bonchev–Trinajstić information content (AvgIpc) is 3.10. The highest BCUT2D eigenvalue weighted by Crippen LogP contribution is 2.22. The summed E-state index contributed by atoms with van der Waals surface area (Å²) in [7, 11) is 1.74. The van der Waals surface area contributed by atoms with E-state index in [-0.39, 0.29) is 35.8 Å². The Balaban J connectivity index is 0.00000280. The first-order valence-electron chi connectivity index (χ1n) is 9.09. The molecule has 2 heterocycles. The van der Waals surface area contributed by atoms with Crippen LogP contribution < -0.4 is 10.6 Å². The van der Waals surface area contributed by atoms with Crippen LogP contribution in [-0.2, 0) is 11.3 Å². The summed E-state index contributed by atoms with van der Waals surface area (Å²) >= 11 is 1.67. The van der Waals surface area contributed by atoms with Crippen molar-refractivity contribution >= 4 is 41.3 Å². The van der Waals surface area contributed by atoms with Crippen molar-refractivity contribution in [1.29, 1.82) is 0 Å². The highest BCUT2D eigenvalue weighted by Gasteiger charge is 2.23. The van der Waals surface area contributed by atoms with Crippen LogP contribution in [0.4, 0.5) is 4.39 Å². The van der Waals surface area contributed by atoms with Crippen LogP contribution in [0, 0.1) is 12.7 Å². The third-order valence-electron chi connectivity index (χ3n) is 4.48. The van der Waals surface area contributed by atoms with Gasteiger partial charge in [-0.15, -0.1) is 35.3 Å². The fraction of sp³-hybridized carbons (Fsp3) is 0.474. The Hall–Kier alpha value is -1.30. The molecule has 3 rings (SSSR count). The molecule has 6 nitrogen and oxygen atoms in total. The van der Waals surface area contributed by atoms with Crippen LogP contribution in [0.15, 0.2) is 35.5 Å². The van der Waals surface area contributed by atoms with Gasteiger partial charge in [-0.1, -0.05) is 12.1 Å². The molecule has 0 spiro atoms. The molecule has 1 aromatic heterocycles. The molecule has 1 aromatic carbocycles. The molecule has 1 aliphatic heterocycles. The zero-order valence-electron chi connectivity index (χ0n) is 16.2. The van der Waals surface area contributed by atoms with Crippen LogP contribution in [0.25, 0.3) is 0 Å². The van der Waals surface area contributed by atoms with Crippen molar-refractivity contribution in [1.82, 2.24) is 20.5 Å². The summed E-state index contributed by atoms with van der Waals surface area (Å²) in [6, 6.07) is 6.86. The molecule has 1 aliphatic rings. The number of thiazole rings is 1. The van der Waals surface area contributed by atoms with E-state index < -0.39 is 0 Å². The molecule has 9 heteroatoms. The highest BCUT2D eigenvalue weighted by molar-refractivity contribution is 14.0. The van der Waals surface area contributed by atoms with Gasteiger partial charge in [-0.05, 0) is 24.6 Å². The number of aliphatic imine (C=N–C) groups is 1. The Kier molecular flexibility index (Phi) is 9.56. The fourth-order valence-corrected chi connectivity index (χ4v) is 3.84. The lowest BCUT2D eigenvalue weighted by Crippen LogP contribution is -2.46. The number of hydrogen-bond donors (Lipinski definition) is 2. The number of nitrogens with zero attached hydrogens (tertiary/aromatic N) is 3. The van der Waals surface area contributed by atoms with E-state index in [0.717, 1.165) is 23.7 Å². The van der Waals surface area contributed by atoms with Gasteiger partial charge >= 0.3 is 0 Å². The average molecular weight is 519 g/mol. The number of morpholine rings is 1. The second kappa shape index (κ2) is 11.6. The molecule has 1 fully saturated rings. The van der Waals surface area contributed by atoms with Crippen molar-refractivity contribution in [2.24, 2.45) is 4.99 Å². The molecular weight excluding hydrogens is 492 g/mol. The maximum Gasteiger partial charge on any atom is 0.191 e. The molecule has 0 aliphatic carbocycles. The maximum atomic E-state index is 13.8. The van der Waals surface area contributed by atoms with E-state index in [1.807, 2.05) is 19.2 Å². The van der Waals surface area contributed by atoms with Gasteiger partial charge in [0, 0.05) is 37.8 Å². The molecule has 0 saturated carbocycles. The maximum absolute atomic E-state index is 13.8. The molecule has 1 unspecified atom stereocenters. The molecule has 0 amide bonds. The van der Waals surface area contributed by atoms with Gasteiger partial charge in [0.2, 0.25) is 0 Å². The largest absolute Gasteiger partial charge is 0.379 e. The van der Waals surface area contributed by atoms with Crippen LogP contribution in [0.1, 0.15) is 21.5 Å². The van der Waals surface area contributed by atoms with Gasteiger partial charge in [-0.25, -0.2) is 9.37 Å². The topological polar surface area (TPSA) is 61.8 Å². The van der Waals surface area contributed by atoms with Gasteiger partial charge in [-0.2, -0.15) is 0 Å². The number of halogens is 2. The van der Waals surface area contributed by atoms with Crippen molar-refractivity contribution in [3.05, 3.63) is 51.7 Å². The molecule has 0 radical (unpaired) electrons. The summed E-state index contributed by atoms with van der Waals surface area (Å²) in [6.45, 7) is 6.34. The summed E-state index contributed by atoms with van der Waals surface area (Å²) in [6.07, 6.45) is 1.87. The number of rotatable bonds is 6. The van der Waals surface area contributed by atoms with E-state index >= 15 is 0 Å². The number of aromatic nitrogens is 1. The quantitative estimate of drug-likeness (QED) is 0.349. The first-order valence-corrected chi connectivity index (χ1v) is 9.90. The normalized spacial score (nSPS) is 16.3. The number of nitrogens with one attached hydrogen (secondary N) is 2. The lowest BCUT2D eigenvalue weighted by molar-refractivity contribution is 0.0169. The minimum Gasteiger partial charge on any atom is -0.379 e. The standard InChI is InChI=1S/C19H26FN5OS.HI/c1-14-11-22-18(27-14)13-24-19(21-2)23-12-17(25-6-8-26-9-7-25)15-4-3-5-16(20)10-15;/h3-5,10-11,17H,6-9,12-13H2,1-2H3,(H2,21,23,24);1H. The van der Waals surface area contributed by atoms with E-state index in [1.165, 1.54) is 10.9 Å². The zero-order valence-corrected chi connectivity index (χ0v) is 19.3. The number of guanidine groups is 1. The molecule has 1 saturated heterocycles. The van der Waals surface area contributed by atoms with Gasteiger partial charge < -0.3 is 15.4 Å². The van der Waals surface area contributed by atoms with Crippen LogP contribution in [0.2, 0.25) is 0 Å². The Labute approximate surface area is 186 Å². The SMILES string of the molecule is CN=C(NCc1ncc(C)s1)NCC(c1cccc(F)c1)N1CCOCC1.I. The van der Waals surface area contributed by atoms with E-state index in [1.54, 1.807) is 30.5 Å². The Morgan fingerprint density at radius 3 is 2.79 bits per heavy atom. The van der Waals surface area contributed by atoms with E-state index in [4.69, 9.17) is 4.74 Å². The monoisotopic (exact) mass is 519 g/mol. The second-order valence-electron chi connectivity index (χ2n) is 6.39. The van der Waals surface area contributed by atoms with Crippen molar-refractivity contribution in [2.75, 3.05) is 39.9 Å². The third-order valence-corrected chi connectivity index (χ3v) is 5.40. The van der Waals surface area contributed by atoms with Crippen LogP contribution in [0.3, 0.4) is 0 Å². The summed E-state index contributed by atoms with van der Waals surface area (Å²) in [5.41, 5.74) is 0.954. The van der Waals surface area contributed by atoms with Crippen LogP contribution in [-0.4, -0.2) is 55.7 Å². The minimum absolute atomic E-state index is 0. The Morgan fingerprint density at radius 2 is 2.14 bits per heavy atom. The second-order valence-corrected chi connectivity index (χ2v) is 7.71. The number of benzene rings is 1. The van der Waals surface area contributed by atoms with E-state index in [9.17, 15) is 4.39 Å². The summed E-state index contributed by atoms with van der Waals surface area (Å²) in [5.74, 6) is 0.491. The predicted octanol–water partition coefficient (Wildman–Crippen LogP) is 2.95. The molecule has 154 valence electrons. The van der Waals surface area contributed by atoms with Crippen LogP contribution in [0.5, 0.6) is 0 Å². The predicted molar refractivity (Wildman–Crippen MR) is 122 cm³/mol. The number of ether oxygens (including phenoxy) is 1.